The number of Topliss-reactive ketones (excluding diaryl/α,β-unsaturated/α-hetero) is 1. The standard InChI is InChI=1S/C45H34BN6.C6H9O2.Fe/c1-7-19-34(20-8-1)40-31-43(37-25-13-4-14-26-37)50(47-40)46(51-44(38-27-15-5-16-28-38)32-41(48-51)35-21-9-2-10-22-35)52-45(39-29-17-6-18-30-39)33-42(49-52)36-23-11-3-12-24-36;7-5-3-1-2-4-6(5)8;/h1-33,46H;5H,1-4H2;/q2*-1;+2/t;5-;/m.1./s1. The number of aromatic nitrogens is 6. The van der Waals surface area contributed by atoms with E-state index < -0.39 is 13.2 Å². The first kappa shape index (κ1) is 40.9. The Morgan fingerprint density at radius 1 is 0.426 bits per heavy atom. The Kier molecular flexibility index (Phi) is 12.8. The maximum Gasteiger partial charge on any atom is 2.00 e. The number of rotatable bonds is 9. The molecule has 0 N–H and O–H groups in total. The number of ketones is 1. The van der Waals surface area contributed by atoms with Crippen molar-refractivity contribution in [3.63, 3.8) is 0 Å². The van der Waals surface area contributed by atoms with Gasteiger partial charge < -0.3 is 23.7 Å². The van der Waals surface area contributed by atoms with Gasteiger partial charge in [0, 0.05) is 40.2 Å². The normalized spacial score (nSPS) is 13.6. The largest absolute Gasteiger partial charge is 2.00 e. The summed E-state index contributed by atoms with van der Waals surface area (Å²) in [6, 6.07) is 69.2. The fourth-order valence-corrected chi connectivity index (χ4v) is 8.00. The van der Waals surface area contributed by atoms with E-state index in [0.717, 1.165) is 80.4 Å². The number of benzene rings is 6. The second-order valence-corrected chi connectivity index (χ2v) is 15.1. The summed E-state index contributed by atoms with van der Waals surface area (Å²) in [5, 5.41) is 27.0. The van der Waals surface area contributed by atoms with Crippen LogP contribution in [-0.4, -0.2) is 48.1 Å². The summed E-state index contributed by atoms with van der Waals surface area (Å²) < 4.78 is 6.50. The minimum Gasteiger partial charge on any atom is -0.846 e. The SMILES string of the molecule is O=C1CCCC[C@H]1[O-].[Fe+2].c1ccc(-c2cc(-c3ccccc3)n([BH-](n3nc(-c4ccccc4)cc3-c3ccccc3)n3nc(-c4ccccc4)cc3-c3ccccc3)n2)cc1. The van der Waals surface area contributed by atoms with Crippen LogP contribution in [0.1, 0.15) is 25.7 Å². The Labute approximate surface area is 366 Å². The van der Waals surface area contributed by atoms with Crippen molar-refractivity contribution >= 4 is 12.9 Å². The van der Waals surface area contributed by atoms with Crippen molar-refractivity contribution in [3.8, 4) is 67.5 Å². The van der Waals surface area contributed by atoms with E-state index in [4.69, 9.17) is 15.3 Å². The van der Waals surface area contributed by atoms with Gasteiger partial charge in [-0.25, -0.2) is 15.3 Å². The molecule has 1 atom stereocenters. The summed E-state index contributed by atoms with van der Waals surface area (Å²) in [6.45, 7) is 0. The van der Waals surface area contributed by atoms with Crippen molar-refractivity contribution in [2.75, 3.05) is 0 Å². The molecule has 1 aliphatic carbocycles. The Balaban J connectivity index is 0.000000515. The Hall–Kier alpha value is -6.84. The minimum atomic E-state index is -1.96. The zero-order chi connectivity index (χ0) is 40.7. The van der Waals surface area contributed by atoms with E-state index in [1.165, 1.54) is 0 Å². The van der Waals surface area contributed by atoms with Crippen LogP contribution in [0.15, 0.2) is 200 Å². The second-order valence-electron chi connectivity index (χ2n) is 15.1. The Bertz CT molecular complexity index is 2510. The van der Waals surface area contributed by atoms with Gasteiger partial charge in [-0.3, -0.25) is 0 Å². The molecule has 1 saturated carbocycles. The molecule has 9 aromatic rings. The molecule has 3 aromatic heterocycles. The van der Waals surface area contributed by atoms with Gasteiger partial charge in [-0.2, -0.15) is 0 Å². The molecule has 10 heteroatoms. The van der Waals surface area contributed by atoms with E-state index in [9.17, 15) is 9.90 Å². The van der Waals surface area contributed by atoms with Crippen LogP contribution in [0.5, 0.6) is 0 Å². The van der Waals surface area contributed by atoms with Crippen LogP contribution in [0.3, 0.4) is 0 Å². The first-order valence-corrected chi connectivity index (χ1v) is 20.6. The molecule has 0 aliphatic heterocycles. The van der Waals surface area contributed by atoms with E-state index in [0.29, 0.717) is 12.8 Å². The number of hydrogen-bond donors (Lipinski definition) is 0. The molecular weight excluding hydrogens is 795 g/mol. The van der Waals surface area contributed by atoms with Gasteiger partial charge >= 0.3 is 24.2 Å². The van der Waals surface area contributed by atoms with Gasteiger partial charge in [0.15, 0.2) is 0 Å². The maximum absolute atomic E-state index is 10.5. The zero-order valence-electron chi connectivity index (χ0n) is 33.5. The number of carbonyl (C=O) groups is 1. The second kappa shape index (κ2) is 19.0. The van der Waals surface area contributed by atoms with E-state index >= 15 is 0 Å². The summed E-state index contributed by atoms with van der Waals surface area (Å²) in [6.07, 6.45) is 2.08. The average Bonchev–Trinajstić information content (AvgIpc) is 4.09. The molecular formula is C51H43BFeN6O2. The third-order valence-corrected chi connectivity index (χ3v) is 11.1. The fourth-order valence-electron chi connectivity index (χ4n) is 8.00. The average molecular weight is 839 g/mol. The number of carbonyl (C=O) groups excluding carboxylic acids is 1. The van der Waals surface area contributed by atoms with Crippen molar-refractivity contribution in [3.05, 3.63) is 200 Å². The molecule has 3 heterocycles. The topological polar surface area (TPSA) is 93.6 Å². The first-order chi connectivity index (χ1) is 29.6. The maximum atomic E-state index is 10.5. The third-order valence-electron chi connectivity index (χ3n) is 11.1. The molecule has 1 fully saturated rings. The van der Waals surface area contributed by atoms with Crippen LogP contribution in [0, 0.1) is 0 Å². The summed E-state index contributed by atoms with van der Waals surface area (Å²) in [5.74, 6) is -0.0868. The zero-order valence-corrected chi connectivity index (χ0v) is 34.6. The number of nitrogens with zero attached hydrogens (tertiary/aromatic N) is 6. The molecule has 0 radical (unpaired) electrons. The van der Waals surface area contributed by atoms with Crippen LogP contribution in [-0.2, 0) is 21.9 Å². The molecule has 6 aromatic carbocycles. The van der Waals surface area contributed by atoms with Gasteiger partial charge in [0.1, 0.15) is 5.78 Å². The smallest absolute Gasteiger partial charge is 0.846 e. The summed E-state index contributed by atoms with van der Waals surface area (Å²) in [4.78, 5) is 10.5. The molecule has 61 heavy (non-hydrogen) atoms. The molecule has 1 aliphatic rings. The third kappa shape index (κ3) is 9.03. The Morgan fingerprint density at radius 3 is 0.951 bits per heavy atom. The van der Waals surface area contributed by atoms with Gasteiger partial charge in [-0.1, -0.05) is 201 Å². The van der Waals surface area contributed by atoms with Crippen molar-refractivity contribution in [2.24, 2.45) is 0 Å². The van der Waals surface area contributed by atoms with Gasteiger partial charge in [-0.15, -0.1) is 0 Å². The predicted octanol–water partition coefficient (Wildman–Crippen LogP) is 9.80. The van der Waals surface area contributed by atoms with E-state index in [-0.39, 0.29) is 22.9 Å². The summed E-state index contributed by atoms with van der Waals surface area (Å²) in [5.41, 5.74) is 11.9. The molecule has 0 unspecified atom stereocenters. The van der Waals surface area contributed by atoms with Gasteiger partial charge in [0.25, 0.3) is 0 Å². The predicted molar refractivity (Wildman–Crippen MR) is 240 cm³/mol. The molecule has 0 saturated heterocycles. The molecule has 300 valence electrons. The van der Waals surface area contributed by atoms with Gasteiger partial charge in [0.05, 0.1) is 17.1 Å². The van der Waals surface area contributed by atoms with Crippen molar-refractivity contribution < 1.29 is 27.0 Å². The van der Waals surface area contributed by atoms with Crippen LogP contribution < -0.4 is 5.11 Å². The first-order valence-electron chi connectivity index (χ1n) is 20.6. The molecule has 0 bridgehead atoms. The van der Waals surface area contributed by atoms with Gasteiger partial charge in [0.2, 0.25) is 0 Å². The Morgan fingerprint density at radius 2 is 0.705 bits per heavy atom. The summed E-state index contributed by atoms with van der Waals surface area (Å²) in [7, 11) is -1.96. The molecule has 0 spiro atoms. The fraction of sp³-hybridized carbons (Fsp3) is 0.0980. The van der Waals surface area contributed by atoms with Crippen LogP contribution in [0.2, 0.25) is 0 Å². The molecule has 10 rings (SSSR count). The van der Waals surface area contributed by atoms with E-state index in [2.05, 4.69) is 178 Å². The van der Waals surface area contributed by atoms with Crippen LogP contribution >= 0.6 is 0 Å². The molecule has 8 nitrogen and oxygen atoms in total. The van der Waals surface area contributed by atoms with E-state index in [1.54, 1.807) is 0 Å². The van der Waals surface area contributed by atoms with Crippen LogP contribution in [0.25, 0.3) is 67.5 Å². The quantitative estimate of drug-likeness (QED) is 0.135. The van der Waals surface area contributed by atoms with Crippen molar-refractivity contribution in [1.82, 2.24) is 29.1 Å². The van der Waals surface area contributed by atoms with Gasteiger partial charge in [-0.05, 0) is 41.3 Å². The van der Waals surface area contributed by atoms with E-state index in [1.807, 2.05) is 36.4 Å². The summed E-state index contributed by atoms with van der Waals surface area (Å²) >= 11 is 0. The minimum absolute atomic E-state index is 0. The van der Waals surface area contributed by atoms with Crippen molar-refractivity contribution in [2.45, 2.75) is 31.8 Å². The molecule has 0 amide bonds. The van der Waals surface area contributed by atoms with Crippen LogP contribution in [0.4, 0.5) is 0 Å². The van der Waals surface area contributed by atoms with Crippen molar-refractivity contribution in [1.29, 1.82) is 0 Å². The number of hydrogen-bond acceptors (Lipinski definition) is 5. The monoisotopic (exact) mass is 838 g/mol.